The van der Waals surface area contributed by atoms with Gasteiger partial charge in [0.1, 0.15) is 0 Å². The van der Waals surface area contributed by atoms with Gasteiger partial charge in [0, 0.05) is 19.7 Å². The summed E-state index contributed by atoms with van der Waals surface area (Å²) in [6, 6.07) is 0. The number of nitrogens with zero attached hydrogens (tertiary/aromatic N) is 3. The second kappa shape index (κ2) is 4.99. The lowest BCUT2D eigenvalue weighted by atomic mass is 10.1. The van der Waals surface area contributed by atoms with Crippen molar-refractivity contribution < 1.29 is 9.59 Å². The molecule has 2 amide bonds. The SMILES string of the molecule is CC(=O)NCC(=O)N1CCc2cnc(N)nc2C1. The Morgan fingerprint density at radius 3 is 3.06 bits per heavy atom. The normalized spacial score (nSPS) is 13.9. The monoisotopic (exact) mass is 249 g/mol. The summed E-state index contributed by atoms with van der Waals surface area (Å²) < 4.78 is 0. The summed E-state index contributed by atoms with van der Waals surface area (Å²) >= 11 is 0. The van der Waals surface area contributed by atoms with Gasteiger partial charge in [-0.25, -0.2) is 9.97 Å². The number of anilines is 1. The van der Waals surface area contributed by atoms with Crippen molar-refractivity contribution in [3.8, 4) is 0 Å². The molecule has 2 heterocycles. The maximum atomic E-state index is 11.8. The van der Waals surface area contributed by atoms with Gasteiger partial charge in [-0.3, -0.25) is 9.59 Å². The van der Waals surface area contributed by atoms with E-state index in [2.05, 4.69) is 15.3 Å². The number of rotatable bonds is 2. The van der Waals surface area contributed by atoms with Crippen molar-refractivity contribution in [3.63, 3.8) is 0 Å². The highest BCUT2D eigenvalue weighted by Crippen LogP contribution is 2.16. The van der Waals surface area contributed by atoms with E-state index in [1.54, 1.807) is 11.1 Å². The molecule has 0 saturated heterocycles. The van der Waals surface area contributed by atoms with E-state index in [9.17, 15) is 9.59 Å². The number of hydrogen-bond donors (Lipinski definition) is 2. The molecule has 18 heavy (non-hydrogen) atoms. The van der Waals surface area contributed by atoms with E-state index >= 15 is 0 Å². The molecule has 0 spiro atoms. The van der Waals surface area contributed by atoms with Gasteiger partial charge in [-0.15, -0.1) is 0 Å². The van der Waals surface area contributed by atoms with Gasteiger partial charge < -0.3 is 16.0 Å². The molecular weight excluding hydrogens is 234 g/mol. The van der Waals surface area contributed by atoms with Crippen LogP contribution in [0.1, 0.15) is 18.2 Å². The quantitative estimate of drug-likeness (QED) is 0.706. The van der Waals surface area contributed by atoms with Gasteiger partial charge in [0.25, 0.3) is 0 Å². The summed E-state index contributed by atoms with van der Waals surface area (Å²) in [5.74, 6) is -0.120. The Morgan fingerprint density at radius 1 is 1.56 bits per heavy atom. The van der Waals surface area contributed by atoms with Crippen LogP contribution in [0, 0.1) is 0 Å². The van der Waals surface area contributed by atoms with Crippen LogP contribution in [0.5, 0.6) is 0 Å². The van der Waals surface area contributed by atoms with Gasteiger partial charge >= 0.3 is 0 Å². The fourth-order valence-corrected chi connectivity index (χ4v) is 1.84. The largest absolute Gasteiger partial charge is 0.368 e. The third kappa shape index (κ3) is 2.73. The number of amides is 2. The minimum Gasteiger partial charge on any atom is -0.368 e. The van der Waals surface area contributed by atoms with Gasteiger partial charge in [-0.05, 0) is 12.0 Å². The van der Waals surface area contributed by atoms with Gasteiger partial charge in [0.05, 0.1) is 18.8 Å². The third-order valence-electron chi connectivity index (χ3n) is 2.81. The Balaban J connectivity index is 2.02. The Labute approximate surface area is 104 Å². The number of carbonyl (C=O) groups is 2. The predicted molar refractivity (Wildman–Crippen MR) is 64.2 cm³/mol. The molecule has 1 aliphatic heterocycles. The molecule has 0 saturated carbocycles. The van der Waals surface area contributed by atoms with Crippen molar-refractivity contribution in [2.75, 3.05) is 18.8 Å². The molecule has 0 fully saturated rings. The van der Waals surface area contributed by atoms with Crippen LogP contribution in [0.25, 0.3) is 0 Å². The number of hydrogen-bond acceptors (Lipinski definition) is 5. The van der Waals surface area contributed by atoms with Crippen molar-refractivity contribution in [2.45, 2.75) is 19.9 Å². The van der Waals surface area contributed by atoms with Crippen LogP contribution in [-0.2, 0) is 22.6 Å². The Morgan fingerprint density at radius 2 is 2.33 bits per heavy atom. The summed E-state index contributed by atoms with van der Waals surface area (Å²) in [6.07, 6.45) is 2.41. The van der Waals surface area contributed by atoms with Crippen molar-refractivity contribution >= 4 is 17.8 Å². The molecule has 7 heteroatoms. The van der Waals surface area contributed by atoms with Gasteiger partial charge in [0.15, 0.2) is 0 Å². The zero-order chi connectivity index (χ0) is 13.1. The van der Waals surface area contributed by atoms with E-state index in [1.807, 2.05) is 0 Å². The van der Waals surface area contributed by atoms with E-state index in [0.29, 0.717) is 19.5 Å². The van der Waals surface area contributed by atoms with Crippen LogP contribution in [0.4, 0.5) is 5.95 Å². The summed E-state index contributed by atoms with van der Waals surface area (Å²) in [6.45, 7) is 2.43. The molecule has 2 rings (SSSR count). The highest BCUT2D eigenvalue weighted by molar-refractivity contribution is 5.83. The number of aromatic nitrogens is 2. The van der Waals surface area contributed by atoms with E-state index in [-0.39, 0.29) is 24.3 Å². The van der Waals surface area contributed by atoms with Crippen molar-refractivity contribution in [1.29, 1.82) is 0 Å². The van der Waals surface area contributed by atoms with E-state index in [0.717, 1.165) is 11.3 Å². The number of nitrogen functional groups attached to an aromatic ring is 1. The fourth-order valence-electron chi connectivity index (χ4n) is 1.84. The van der Waals surface area contributed by atoms with Crippen molar-refractivity contribution in [3.05, 3.63) is 17.5 Å². The van der Waals surface area contributed by atoms with Crippen LogP contribution >= 0.6 is 0 Å². The standard InChI is InChI=1S/C11H15N5O2/c1-7(17)13-5-10(18)16-3-2-8-4-14-11(12)15-9(8)6-16/h4H,2-3,5-6H2,1H3,(H,13,17)(H2,12,14,15). The molecule has 0 aliphatic carbocycles. The first kappa shape index (κ1) is 12.3. The topological polar surface area (TPSA) is 101 Å². The lowest BCUT2D eigenvalue weighted by molar-refractivity contribution is -0.133. The molecular formula is C11H15N5O2. The lowest BCUT2D eigenvalue weighted by Gasteiger charge is -2.27. The van der Waals surface area contributed by atoms with Crippen LogP contribution in [-0.4, -0.2) is 39.8 Å². The Hall–Kier alpha value is -2.18. The van der Waals surface area contributed by atoms with Crippen LogP contribution < -0.4 is 11.1 Å². The molecule has 96 valence electrons. The second-order valence-electron chi connectivity index (χ2n) is 4.18. The molecule has 0 bridgehead atoms. The Bertz CT molecular complexity index is 488. The molecule has 1 aromatic heterocycles. The summed E-state index contributed by atoms with van der Waals surface area (Å²) in [5.41, 5.74) is 7.32. The fraction of sp³-hybridized carbons (Fsp3) is 0.455. The van der Waals surface area contributed by atoms with Crippen LogP contribution in [0.15, 0.2) is 6.20 Å². The molecule has 7 nitrogen and oxygen atoms in total. The first-order chi connectivity index (χ1) is 8.56. The van der Waals surface area contributed by atoms with Crippen LogP contribution in [0.2, 0.25) is 0 Å². The average molecular weight is 249 g/mol. The lowest BCUT2D eigenvalue weighted by Crippen LogP contribution is -2.42. The van der Waals surface area contributed by atoms with Crippen molar-refractivity contribution in [1.82, 2.24) is 20.2 Å². The predicted octanol–water partition coefficient (Wildman–Crippen LogP) is -0.920. The van der Waals surface area contributed by atoms with Crippen molar-refractivity contribution in [2.24, 2.45) is 0 Å². The summed E-state index contributed by atoms with van der Waals surface area (Å²) in [7, 11) is 0. The second-order valence-corrected chi connectivity index (χ2v) is 4.18. The number of carbonyl (C=O) groups excluding carboxylic acids is 2. The average Bonchev–Trinajstić information content (AvgIpc) is 2.34. The molecule has 1 aliphatic rings. The highest BCUT2D eigenvalue weighted by Gasteiger charge is 2.22. The maximum absolute atomic E-state index is 11.8. The zero-order valence-electron chi connectivity index (χ0n) is 10.1. The van der Waals surface area contributed by atoms with E-state index < -0.39 is 0 Å². The van der Waals surface area contributed by atoms with Crippen LogP contribution in [0.3, 0.4) is 0 Å². The Kier molecular flexibility index (Phi) is 3.40. The number of nitrogens with one attached hydrogen (secondary N) is 1. The highest BCUT2D eigenvalue weighted by atomic mass is 16.2. The zero-order valence-corrected chi connectivity index (χ0v) is 10.1. The first-order valence-electron chi connectivity index (χ1n) is 5.68. The minimum atomic E-state index is -0.215. The van der Waals surface area contributed by atoms with E-state index in [1.165, 1.54) is 6.92 Å². The van der Waals surface area contributed by atoms with Gasteiger partial charge in [-0.2, -0.15) is 0 Å². The minimum absolute atomic E-state index is 0.0191. The first-order valence-corrected chi connectivity index (χ1v) is 5.68. The third-order valence-corrected chi connectivity index (χ3v) is 2.81. The molecule has 3 N–H and O–H groups in total. The molecule has 0 aromatic carbocycles. The van der Waals surface area contributed by atoms with Gasteiger partial charge in [0.2, 0.25) is 17.8 Å². The number of nitrogens with two attached hydrogens (primary N) is 1. The van der Waals surface area contributed by atoms with Gasteiger partial charge in [-0.1, -0.05) is 0 Å². The molecule has 0 unspecified atom stereocenters. The summed E-state index contributed by atoms with van der Waals surface area (Å²) in [4.78, 5) is 32.3. The maximum Gasteiger partial charge on any atom is 0.242 e. The smallest absolute Gasteiger partial charge is 0.242 e. The van der Waals surface area contributed by atoms with E-state index in [4.69, 9.17) is 5.73 Å². The molecule has 0 radical (unpaired) electrons. The number of fused-ring (bicyclic) bond motifs is 1. The molecule has 0 atom stereocenters. The molecule has 1 aromatic rings. The summed E-state index contributed by atoms with van der Waals surface area (Å²) in [5, 5.41) is 2.49.